The Bertz CT molecular complexity index is 1000. The third-order valence-corrected chi connectivity index (χ3v) is 8.22. The van der Waals surface area contributed by atoms with E-state index in [1.54, 1.807) is 0 Å². The maximum absolute atomic E-state index is 13.6. The molecule has 3 aliphatic rings. The Labute approximate surface area is 232 Å². The van der Waals surface area contributed by atoms with E-state index in [4.69, 9.17) is 9.47 Å². The number of rotatable bonds is 9. The SMILES string of the molecule is CCOC1=CC(C(c2ccccc2)N2CCN(C(=O)CC3CCNCC3)[C@@H](C(C)(C)C)C2)=CCC1OC(F)F. The van der Waals surface area contributed by atoms with Crippen LogP contribution in [0.4, 0.5) is 8.78 Å². The molecule has 0 spiro atoms. The van der Waals surface area contributed by atoms with Crippen LogP contribution >= 0.6 is 0 Å². The van der Waals surface area contributed by atoms with Gasteiger partial charge in [-0.05, 0) is 67.8 Å². The number of piperazine rings is 1. The van der Waals surface area contributed by atoms with Crippen molar-refractivity contribution in [1.29, 1.82) is 0 Å². The lowest BCUT2D eigenvalue weighted by Gasteiger charge is -2.50. The van der Waals surface area contributed by atoms with Crippen molar-refractivity contribution >= 4 is 5.91 Å². The molecule has 216 valence electrons. The monoisotopic (exact) mass is 545 g/mol. The van der Waals surface area contributed by atoms with Gasteiger partial charge in [-0.2, -0.15) is 8.78 Å². The Morgan fingerprint density at radius 3 is 2.49 bits per heavy atom. The van der Waals surface area contributed by atoms with E-state index in [0.717, 1.165) is 50.2 Å². The number of benzene rings is 1. The summed E-state index contributed by atoms with van der Waals surface area (Å²) >= 11 is 0. The third kappa shape index (κ3) is 7.68. The lowest BCUT2D eigenvalue weighted by atomic mass is 9.82. The van der Waals surface area contributed by atoms with Gasteiger partial charge in [-0.15, -0.1) is 0 Å². The maximum atomic E-state index is 13.6. The minimum atomic E-state index is -2.86. The van der Waals surface area contributed by atoms with Crippen molar-refractivity contribution in [2.24, 2.45) is 11.3 Å². The molecule has 1 amide bonds. The fourth-order valence-corrected chi connectivity index (χ4v) is 6.19. The van der Waals surface area contributed by atoms with Crippen molar-refractivity contribution in [3.8, 4) is 0 Å². The van der Waals surface area contributed by atoms with Gasteiger partial charge in [0.25, 0.3) is 0 Å². The molecule has 39 heavy (non-hydrogen) atoms. The van der Waals surface area contributed by atoms with Gasteiger partial charge in [0, 0.05) is 32.1 Å². The molecule has 2 unspecified atom stereocenters. The molecule has 1 N–H and O–H groups in total. The molecule has 2 aliphatic heterocycles. The van der Waals surface area contributed by atoms with Gasteiger partial charge >= 0.3 is 6.61 Å². The van der Waals surface area contributed by atoms with Crippen LogP contribution in [-0.4, -0.2) is 73.8 Å². The summed E-state index contributed by atoms with van der Waals surface area (Å²) in [4.78, 5) is 18.2. The molecule has 1 aromatic rings. The second-order valence-corrected chi connectivity index (χ2v) is 12.0. The summed E-state index contributed by atoms with van der Waals surface area (Å²) in [5.41, 5.74) is 2.04. The number of halogens is 2. The van der Waals surface area contributed by atoms with E-state index in [2.05, 4.69) is 48.0 Å². The second kappa shape index (κ2) is 13.4. The van der Waals surface area contributed by atoms with Gasteiger partial charge in [0.15, 0.2) is 0 Å². The van der Waals surface area contributed by atoms with E-state index in [0.29, 0.717) is 37.7 Å². The first-order chi connectivity index (χ1) is 18.7. The van der Waals surface area contributed by atoms with Crippen molar-refractivity contribution in [1.82, 2.24) is 15.1 Å². The standard InChI is InChI=1S/C31H45F2N3O3/c1-5-38-26-20-24(11-12-25(26)39-30(32)33)29(23-9-7-6-8-10-23)35-17-18-36(27(21-35)31(2,3)4)28(37)19-22-13-15-34-16-14-22/h6-11,20,22,25,27,29-30,34H,5,12-19,21H2,1-4H3/t25?,27-,29?/m1/s1. The molecule has 6 nitrogen and oxygen atoms in total. The maximum Gasteiger partial charge on any atom is 0.346 e. The molecule has 0 radical (unpaired) electrons. The van der Waals surface area contributed by atoms with E-state index in [-0.39, 0.29) is 23.4 Å². The number of hydrogen-bond acceptors (Lipinski definition) is 5. The fraction of sp³-hybridized carbons (Fsp3) is 0.645. The Morgan fingerprint density at radius 2 is 1.85 bits per heavy atom. The molecule has 3 atom stereocenters. The third-order valence-electron chi connectivity index (χ3n) is 8.22. The van der Waals surface area contributed by atoms with E-state index in [1.165, 1.54) is 0 Å². The van der Waals surface area contributed by atoms with E-state index in [9.17, 15) is 13.6 Å². The molecule has 0 aromatic heterocycles. The van der Waals surface area contributed by atoms with Gasteiger partial charge in [0.2, 0.25) is 5.91 Å². The molecule has 4 rings (SSSR count). The molecule has 1 aromatic carbocycles. The fourth-order valence-electron chi connectivity index (χ4n) is 6.19. The Kier molecular flexibility index (Phi) is 10.2. The zero-order valence-electron chi connectivity index (χ0n) is 23.9. The van der Waals surface area contributed by atoms with Gasteiger partial charge < -0.3 is 19.7 Å². The van der Waals surface area contributed by atoms with Crippen molar-refractivity contribution in [3.63, 3.8) is 0 Å². The average molecular weight is 546 g/mol. The van der Waals surface area contributed by atoms with Crippen molar-refractivity contribution in [2.45, 2.75) is 78.2 Å². The number of nitrogens with zero attached hydrogens (tertiary/aromatic N) is 2. The first kappa shape index (κ1) is 29.7. The number of carbonyl (C=O) groups excluding carboxylic acids is 1. The van der Waals surface area contributed by atoms with Crippen molar-refractivity contribution in [2.75, 3.05) is 39.3 Å². The molecule has 8 heteroatoms. The topological polar surface area (TPSA) is 54.0 Å². The minimum Gasteiger partial charge on any atom is -0.495 e. The van der Waals surface area contributed by atoms with Gasteiger partial charge in [0.05, 0.1) is 12.6 Å². The van der Waals surface area contributed by atoms with Crippen LogP contribution in [0.25, 0.3) is 0 Å². The quantitative estimate of drug-likeness (QED) is 0.442. The second-order valence-electron chi connectivity index (χ2n) is 12.0. The van der Waals surface area contributed by atoms with Crippen LogP contribution in [0.5, 0.6) is 0 Å². The number of ether oxygens (including phenoxy) is 2. The van der Waals surface area contributed by atoms with Crippen molar-refractivity contribution in [3.05, 3.63) is 59.4 Å². The lowest BCUT2D eigenvalue weighted by Crippen LogP contribution is -2.60. The Morgan fingerprint density at radius 1 is 1.13 bits per heavy atom. The number of carbonyl (C=O) groups is 1. The summed E-state index contributed by atoms with van der Waals surface area (Å²) in [5.74, 6) is 1.16. The number of nitrogens with one attached hydrogen (secondary N) is 1. The highest BCUT2D eigenvalue weighted by molar-refractivity contribution is 5.77. The molecular formula is C31H45F2N3O3. The minimum absolute atomic E-state index is 0.0566. The van der Waals surface area contributed by atoms with E-state index >= 15 is 0 Å². The Hall–Kier alpha value is -2.29. The molecule has 0 bridgehead atoms. The van der Waals surface area contributed by atoms with Crippen LogP contribution in [0, 0.1) is 11.3 Å². The summed E-state index contributed by atoms with van der Waals surface area (Å²) in [5, 5.41) is 3.39. The van der Waals surface area contributed by atoms with Gasteiger partial charge in [-0.1, -0.05) is 57.2 Å². The van der Waals surface area contributed by atoms with Crippen LogP contribution in [0.2, 0.25) is 0 Å². The lowest BCUT2D eigenvalue weighted by molar-refractivity contribution is -0.161. The van der Waals surface area contributed by atoms with Gasteiger partial charge in [0.1, 0.15) is 11.9 Å². The first-order valence-electron chi connectivity index (χ1n) is 14.4. The number of amides is 1. The zero-order valence-corrected chi connectivity index (χ0v) is 23.9. The predicted molar refractivity (Wildman–Crippen MR) is 149 cm³/mol. The normalized spacial score (nSPS) is 24.3. The highest BCUT2D eigenvalue weighted by atomic mass is 19.3. The summed E-state index contributed by atoms with van der Waals surface area (Å²) in [6.45, 7) is 10.1. The number of hydrogen-bond donors (Lipinski definition) is 1. The number of alkyl halides is 2. The zero-order chi connectivity index (χ0) is 28.0. The van der Waals surface area contributed by atoms with Crippen LogP contribution in [0.15, 0.2) is 53.8 Å². The summed E-state index contributed by atoms with van der Waals surface area (Å²) < 4.78 is 36.8. The number of piperidine rings is 1. The van der Waals surface area contributed by atoms with Crippen molar-refractivity contribution < 1.29 is 23.0 Å². The summed E-state index contributed by atoms with van der Waals surface area (Å²) in [6.07, 6.45) is 6.16. The molecule has 2 heterocycles. The molecule has 0 saturated carbocycles. The Balaban J connectivity index is 1.60. The van der Waals surface area contributed by atoms with Crippen LogP contribution in [-0.2, 0) is 14.3 Å². The molecular weight excluding hydrogens is 500 g/mol. The van der Waals surface area contributed by atoms with E-state index in [1.807, 2.05) is 37.3 Å². The first-order valence-corrected chi connectivity index (χ1v) is 14.4. The average Bonchev–Trinajstić information content (AvgIpc) is 2.91. The smallest absolute Gasteiger partial charge is 0.346 e. The van der Waals surface area contributed by atoms with Crippen LogP contribution < -0.4 is 5.32 Å². The van der Waals surface area contributed by atoms with Crippen LogP contribution in [0.1, 0.15) is 65.0 Å². The summed E-state index contributed by atoms with van der Waals surface area (Å²) in [6, 6.07) is 10.3. The largest absolute Gasteiger partial charge is 0.495 e. The summed E-state index contributed by atoms with van der Waals surface area (Å²) in [7, 11) is 0. The molecule has 2 fully saturated rings. The predicted octanol–water partition coefficient (Wildman–Crippen LogP) is 5.53. The van der Waals surface area contributed by atoms with Crippen LogP contribution in [0.3, 0.4) is 0 Å². The van der Waals surface area contributed by atoms with Gasteiger partial charge in [-0.25, -0.2) is 0 Å². The van der Waals surface area contributed by atoms with E-state index < -0.39 is 12.7 Å². The van der Waals surface area contributed by atoms with Gasteiger partial charge in [-0.3, -0.25) is 9.69 Å². The molecule has 2 saturated heterocycles. The highest BCUT2D eigenvalue weighted by Crippen LogP contribution is 2.38. The molecule has 1 aliphatic carbocycles. The highest BCUT2D eigenvalue weighted by Gasteiger charge is 2.41.